The molecule has 2 rings (SSSR count). The Balaban J connectivity index is 1.86. The number of nitrogens with one attached hydrogen (secondary N) is 1. The second-order valence-electron chi connectivity index (χ2n) is 6.15. The molecule has 0 aliphatic rings. The zero-order chi connectivity index (χ0) is 20.5. The van der Waals surface area contributed by atoms with E-state index in [0.717, 1.165) is 16.3 Å². The third kappa shape index (κ3) is 6.45. The molecule has 8 heteroatoms. The lowest BCUT2D eigenvalue weighted by molar-refractivity contribution is -0.133. The lowest BCUT2D eigenvalue weighted by Crippen LogP contribution is -2.34. The molecule has 0 aliphatic heterocycles. The summed E-state index contributed by atoms with van der Waals surface area (Å²) >= 11 is 1.52. The molecule has 0 unspecified atom stereocenters. The van der Waals surface area contributed by atoms with Crippen molar-refractivity contribution in [3.63, 3.8) is 0 Å². The van der Waals surface area contributed by atoms with Crippen LogP contribution >= 0.6 is 11.3 Å². The van der Waals surface area contributed by atoms with E-state index >= 15 is 0 Å². The van der Waals surface area contributed by atoms with Gasteiger partial charge in [-0.05, 0) is 57.5 Å². The molecule has 1 heterocycles. The predicted octanol–water partition coefficient (Wildman–Crippen LogP) is 2.78. The van der Waals surface area contributed by atoms with Crippen LogP contribution in [0.5, 0.6) is 5.75 Å². The fourth-order valence-electron chi connectivity index (χ4n) is 2.51. The molecular formula is C20H26N4O3S. The van der Waals surface area contributed by atoms with Crippen LogP contribution in [0.4, 0.5) is 0 Å². The first-order chi connectivity index (χ1) is 13.4. The van der Waals surface area contributed by atoms with Gasteiger partial charge in [0.05, 0.1) is 22.8 Å². The van der Waals surface area contributed by atoms with E-state index in [2.05, 4.69) is 15.5 Å². The van der Waals surface area contributed by atoms with Gasteiger partial charge in [0.1, 0.15) is 5.75 Å². The Morgan fingerprint density at radius 1 is 1.21 bits per heavy atom. The summed E-state index contributed by atoms with van der Waals surface area (Å²) in [5.41, 5.74) is 4.82. The zero-order valence-electron chi connectivity index (χ0n) is 16.7. The van der Waals surface area contributed by atoms with Crippen LogP contribution in [0.15, 0.2) is 34.7 Å². The van der Waals surface area contributed by atoms with E-state index in [4.69, 9.17) is 4.74 Å². The molecule has 2 amide bonds. The van der Waals surface area contributed by atoms with E-state index in [-0.39, 0.29) is 24.8 Å². The number of hydrazone groups is 1. The number of thiazole rings is 1. The molecule has 0 saturated heterocycles. The molecule has 150 valence electrons. The largest absolute Gasteiger partial charge is 0.484 e. The third-order valence-corrected chi connectivity index (χ3v) is 4.93. The predicted molar refractivity (Wildman–Crippen MR) is 111 cm³/mol. The van der Waals surface area contributed by atoms with Crippen LogP contribution in [0.2, 0.25) is 0 Å². The summed E-state index contributed by atoms with van der Waals surface area (Å²) < 4.78 is 5.55. The van der Waals surface area contributed by atoms with Gasteiger partial charge in [-0.2, -0.15) is 5.10 Å². The number of carbonyl (C=O) groups excluding carboxylic acids is 2. The van der Waals surface area contributed by atoms with Crippen molar-refractivity contribution in [1.82, 2.24) is 15.3 Å². The van der Waals surface area contributed by atoms with E-state index in [1.807, 2.05) is 45.2 Å². The Morgan fingerprint density at radius 3 is 2.46 bits per heavy atom. The minimum absolute atomic E-state index is 0.0141. The lowest BCUT2D eigenvalue weighted by atomic mass is 10.1. The topological polar surface area (TPSA) is 83.9 Å². The Morgan fingerprint density at radius 2 is 1.89 bits per heavy atom. The molecule has 0 radical (unpaired) electrons. The van der Waals surface area contributed by atoms with Crippen LogP contribution in [0, 0.1) is 6.92 Å². The fourth-order valence-corrected chi connectivity index (χ4v) is 3.12. The number of aromatic nitrogens is 1. The van der Waals surface area contributed by atoms with E-state index < -0.39 is 0 Å². The first-order valence-electron chi connectivity index (χ1n) is 9.18. The molecule has 1 N–H and O–H groups in total. The van der Waals surface area contributed by atoms with Gasteiger partial charge in [-0.15, -0.1) is 11.3 Å². The normalized spacial score (nSPS) is 11.2. The number of rotatable bonds is 9. The second-order valence-corrected chi connectivity index (χ2v) is 7.21. The average molecular weight is 403 g/mol. The van der Waals surface area contributed by atoms with Crippen LogP contribution < -0.4 is 10.2 Å². The standard InChI is InChI=1S/C20H26N4O3S/c1-5-24(6-2)20(26)12-27-18-9-7-16(8-10-18)14(3)22-23-19(25)11-17-13-28-15(4)21-17/h7-10,13H,5-6,11-12H2,1-4H3,(H,23,25)/b22-14-. The summed E-state index contributed by atoms with van der Waals surface area (Å²) in [5, 5.41) is 6.94. The number of amides is 2. The Hall–Kier alpha value is -2.74. The van der Waals surface area contributed by atoms with Gasteiger partial charge >= 0.3 is 0 Å². The summed E-state index contributed by atoms with van der Waals surface area (Å²) in [5.74, 6) is 0.365. The molecule has 0 atom stereocenters. The first kappa shape index (κ1) is 21.6. The highest BCUT2D eigenvalue weighted by Gasteiger charge is 2.10. The number of hydrogen-bond acceptors (Lipinski definition) is 6. The highest BCUT2D eigenvalue weighted by atomic mass is 32.1. The van der Waals surface area contributed by atoms with Crippen molar-refractivity contribution in [2.75, 3.05) is 19.7 Å². The van der Waals surface area contributed by atoms with Gasteiger partial charge in [0.2, 0.25) is 5.91 Å². The van der Waals surface area contributed by atoms with Gasteiger partial charge in [0, 0.05) is 18.5 Å². The third-order valence-electron chi connectivity index (χ3n) is 4.11. The summed E-state index contributed by atoms with van der Waals surface area (Å²) in [6, 6.07) is 7.24. The summed E-state index contributed by atoms with van der Waals surface area (Å²) in [7, 11) is 0. The molecule has 0 bridgehead atoms. The van der Waals surface area contributed by atoms with Crippen molar-refractivity contribution in [2.45, 2.75) is 34.1 Å². The van der Waals surface area contributed by atoms with Gasteiger partial charge in [-0.25, -0.2) is 10.4 Å². The second kappa shape index (κ2) is 10.6. The van der Waals surface area contributed by atoms with Gasteiger partial charge in [-0.3, -0.25) is 9.59 Å². The fraction of sp³-hybridized carbons (Fsp3) is 0.400. The summed E-state index contributed by atoms with van der Waals surface area (Å²) in [6.45, 7) is 8.95. The number of aryl methyl sites for hydroxylation is 1. The SMILES string of the molecule is CCN(CC)C(=O)COc1ccc(/C(C)=N\NC(=O)Cc2csc(C)n2)cc1. The maximum Gasteiger partial charge on any atom is 0.260 e. The van der Waals surface area contributed by atoms with E-state index in [1.165, 1.54) is 11.3 Å². The van der Waals surface area contributed by atoms with Gasteiger partial charge in [-0.1, -0.05) is 0 Å². The van der Waals surface area contributed by atoms with Gasteiger partial charge in [0.15, 0.2) is 6.61 Å². The smallest absolute Gasteiger partial charge is 0.260 e. The molecule has 0 aliphatic carbocycles. The molecule has 1 aromatic carbocycles. The monoisotopic (exact) mass is 402 g/mol. The van der Waals surface area contributed by atoms with Gasteiger partial charge < -0.3 is 9.64 Å². The molecule has 0 saturated carbocycles. The van der Waals surface area contributed by atoms with Crippen molar-refractivity contribution >= 4 is 28.9 Å². The van der Waals surface area contributed by atoms with E-state index in [0.29, 0.717) is 24.6 Å². The van der Waals surface area contributed by atoms with Crippen LogP contribution in [-0.2, 0) is 16.0 Å². The minimum atomic E-state index is -0.209. The van der Waals surface area contributed by atoms with Crippen molar-refractivity contribution in [3.05, 3.63) is 45.9 Å². The van der Waals surface area contributed by atoms with E-state index in [1.54, 1.807) is 17.0 Å². The number of ether oxygens (including phenoxy) is 1. The van der Waals surface area contributed by atoms with Crippen LogP contribution in [0.1, 0.15) is 37.0 Å². The molecule has 0 fully saturated rings. The Bertz CT molecular complexity index is 826. The maximum absolute atomic E-state index is 12.0. The number of benzene rings is 1. The first-order valence-corrected chi connectivity index (χ1v) is 10.1. The van der Waals surface area contributed by atoms with Crippen molar-refractivity contribution in [3.8, 4) is 5.75 Å². The van der Waals surface area contributed by atoms with Crippen LogP contribution in [0.3, 0.4) is 0 Å². The maximum atomic E-state index is 12.0. The Kier molecular flexibility index (Phi) is 8.13. The zero-order valence-corrected chi connectivity index (χ0v) is 17.5. The number of nitrogens with zero attached hydrogens (tertiary/aromatic N) is 3. The average Bonchev–Trinajstić information content (AvgIpc) is 3.10. The molecule has 2 aromatic rings. The van der Waals surface area contributed by atoms with E-state index in [9.17, 15) is 9.59 Å². The van der Waals surface area contributed by atoms with Gasteiger partial charge in [0.25, 0.3) is 5.91 Å². The summed E-state index contributed by atoms with van der Waals surface area (Å²) in [4.78, 5) is 29.9. The minimum Gasteiger partial charge on any atom is -0.484 e. The quantitative estimate of drug-likeness (QED) is 0.516. The summed E-state index contributed by atoms with van der Waals surface area (Å²) in [6.07, 6.45) is 0.203. The highest BCUT2D eigenvalue weighted by molar-refractivity contribution is 7.09. The molecule has 1 aromatic heterocycles. The highest BCUT2D eigenvalue weighted by Crippen LogP contribution is 2.13. The van der Waals surface area contributed by atoms with Crippen molar-refractivity contribution in [2.24, 2.45) is 5.10 Å². The lowest BCUT2D eigenvalue weighted by Gasteiger charge is -2.18. The van der Waals surface area contributed by atoms with Crippen LogP contribution in [0.25, 0.3) is 0 Å². The number of likely N-dealkylation sites (N-methyl/N-ethyl adjacent to an activating group) is 1. The number of carbonyl (C=O) groups is 2. The molecule has 7 nitrogen and oxygen atoms in total. The molecule has 0 spiro atoms. The van der Waals surface area contributed by atoms with Crippen LogP contribution in [-0.4, -0.2) is 47.1 Å². The van der Waals surface area contributed by atoms with Crippen molar-refractivity contribution in [1.29, 1.82) is 0 Å². The number of hydrogen-bond donors (Lipinski definition) is 1. The van der Waals surface area contributed by atoms with Crippen molar-refractivity contribution < 1.29 is 14.3 Å². The molecular weight excluding hydrogens is 376 g/mol. The Labute approximate surface area is 169 Å². The molecule has 28 heavy (non-hydrogen) atoms.